The van der Waals surface area contributed by atoms with Crippen molar-refractivity contribution >= 4 is 22.8 Å². The molecule has 0 aliphatic carbocycles. The first-order valence-corrected chi connectivity index (χ1v) is 10.5. The van der Waals surface area contributed by atoms with Gasteiger partial charge in [0.05, 0.1) is 17.8 Å². The van der Waals surface area contributed by atoms with E-state index in [1.165, 1.54) is 19.3 Å². The first-order chi connectivity index (χ1) is 13.7. The summed E-state index contributed by atoms with van der Waals surface area (Å²) in [5, 5.41) is 3.18. The molecule has 2 saturated heterocycles. The van der Waals surface area contributed by atoms with E-state index >= 15 is 0 Å². The van der Waals surface area contributed by atoms with Crippen LogP contribution in [0.4, 0.5) is 5.69 Å². The van der Waals surface area contributed by atoms with Gasteiger partial charge in [-0.15, -0.1) is 0 Å². The SMILES string of the molecule is C[C@H]1CCCCN1CCNC(=O)[C@@H]1CCCN(c2cnc3nccnc3c2)C1. The minimum Gasteiger partial charge on any atom is -0.369 e. The van der Waals surface area contributed by atoms with E-state index in [9.17, 15) is 4.79 Å². The molecule has 2 aromatic heterocycles. The van der Waals surface area contributed by atoms with Crippen LogP contribution in [-0.2, 0) is 4.79 Å². The number of fused-ring (bicyclic) bond motifs is 1. The van der Waals surface area contributed by atoms with E-state index in [0.717, 1.165) is 56.8 Å². The first kappa shape index (κ1) is 19.1. The number of nitrogens with zero attached hydrogens (tertiary/aromatic N) is 5. The van der Waals surface area contributed by atoms with Crippen molar-refractivity contribution in [1.82, 2.24) is 25.2 Å². The zero-order chi connectivity index (χ0) is 19.3. The molecule has 7 nitrogen and oxygen atoms in total. The summed E-state index contributed by atoms with van der Waals surface area (Å²) in [5.74, 6) is 0.216. The first-order valence-electron chi connectivity index (χ1n) is 10.5. The van der Waals surface area contributed by atoms with Crippen molar-refractivity contribution in [3.8, 4) is 0 Å². The van der Waals surface area contributed by atoms with Gasteiger partial charge in [0.2, 0.25) is 5.91 Å². The molecule has 0 saturated carbocycles. The topological polar surface area (TPSA) is 74.2 Å². The monoisotopic (exact) mass is 382 g/mol. The van der Waals surface area contributed by atoms with E-state index < -0.39 is 0 Å². The Labute approximate surface area is 166 Å². The summed E-state index contributed by atoms with van der Waals surface area (Å²) < 4.78 is 0. The molecule has 2 aliphatic rings. The van der Waals surface area contributed by atoms with E-state index in [1.807, 2.05) is 12.3 Å². The normalized spacial score (nSPS) is 23.7. The number of carbonyl (C=O) groups is 1. The lowest BCUT2D eigenvalue weighted by atomic mass is 9.96. The second-order valence-electron chi connectivity index (χ2n) is 8.05. The van der Waals surface area contributed by atoms with Crippen molar-refractivity contribution in [2.45, 2.75) is 45.1 Å². The summed E-state index contributed by atoms with van der Waals surface area (Å²) in [6.45, 7) is 6.83. The molecule has 2 aliphatic heterocycles. The van der Waals surface area contributed by atoms with Gasteiger partial charge in [-0.1, -0.05) is 6.42 Å². The van der Waals surface area contributed by atoms with Crippen molar-refractivity contribution in [3.63, 3.8) is 0 Å². The van der Waals surface area contributed by atoms with Crippen molar-refractivity contribution in [2.75, 3.05) is 37.6 Å². The molecule has 2 aromatic rings. The maximum atomic E-state index is 12.7. The number of nitrogens with one attached hydrogen (secondary N) is 1. The summed E-state index contributed by atoms with van der Waals surface area (Å²) in [6, 6.07) is 2.66. The van der Waals surface area contributed by atoms with Gasteiger partial charge in [-0.2, -0.15) is 0 Å². The minimum atomic E-state index is 0.0325. The molecule has 0 unspecified atom stereocenters. The van der Waals surface area contributed by atoms with Crippen LogP contribution >= 0.6 is 0 Å². The summed E-state index contributed by atoms with van der Waals surface area (Å²) >= 11 is 0. The molecular weight excluding hydrogens is 352 g/mol. The number of hydrogen-bond acceptors (Lipinski definition) is 6. The van der Waals surface area contributed by atoms with Crippen LogP contribution in [0.25, 0.3) is 11.2 Å². The highest BCUT2D eigenvalue weighted by atomic mass is 16.1. The fourth-order valence-corrected chi connectivity index (χ4v) is 4.40. The van der Waals surface area contributed by atoms with Crippen LogP contribution in [0, 0.1) is 5.92 Å². The summed E-state index contributed by atoms with van der Waals surface area (Å²) in [4.78, 5) is 30.5. The second-order valence-corrected chi connectivity index (χ2v) is 8.05. The van der Waals surface area contributed by atoms with E-state index in [0.29, 0.717) is 11.7 Å². The van der Waals surface area contributed by atoms with Crippen molar-refractivity contribution in [3.05, 3.63) is 24.7 Å². The summed E-state index contributed by atoms with van der Waals surface area (Å²) in [7, 11) is 0. The maximum Gasteiger partial charge on any atom is 0.224 e. The van der Waals surface area contributed by atoms with Gasteiger partial charge in [-0.3, -0.25) is 14.7 Å². The van der Waals surface area contributed by atoms with Crippen LogP contribution in [0.2, 0.25) is 0 Å². The Morgan fingerprint density at radius 1 is 1.14 bits per heavy atom. The predicted octanol–water partition coefficient (Wildman–Crippen LogP) is 2.23. The molecule has 150 valence electrons. The third kappa shape index (κ3) is 4.41. The van der Waals surface area contributed by atoms with Crippen molar-refractivity contribution in [2.24, 2.45) is 5.92 Å². The summed E-state index contributed by atoms with van der Waals surface area (Å²) in [5.41, 5.74) is 2.47. The molecule has 4 heterocycles. The van der Waals surface area contributed by atoms with Gasteiger partial charge in [0.15, 0.2) is 5.65 Å². The van der Waals surface area contributed by atoms with Crippen LogP contribution in [0.15, 0.2) is 24.7 Å². The third-order valence-electron chi connectivity index (χ3n) is 6.11. The average molecular weight is 383 g/mol. The number of piperidine rings is 2. The molecule has 4 rings (SSSR count). The average Bonchev–Trinajstić information content (AvgIpc) is 2.75. The molecule has 0 spiro atoms. The van der Waals surface area contributed by atoms with E-state index in [4.69, 9.17) is 0 Å². The highest BCUT2D eigenvalue weighted by Gasteiger charge is 2.26. The van der Waals surface area contributed by atoms with Gasteiger partial charge < -0.3 is 10.2 Å². The van der Waals surface area contributed by atoms with Crippen LogP contribution < -0.4 is 10.2 Å². The van der Waals surface area contributed by atoms with Gasteiger partial charge in [0.25, 0.3) is 0 Å². The zero-order valence-corrected chi connectivity index (χ0v) is 16.7. The maximum absolute atomic E-state index is 12.7. The van der Waals surface area contributed by atoms with Gasteiger partial charge in [-0.25, -0.2) is 9.97 Å². The number of anilines is 1. The molecule has 0 aromatic carbocycles. The van der Waals surface area contributed by atoms with Gasteiger partial charge in [0, 0.05) is 44.6 Å². The molecule has 1 amide bonds. The standard InChI is InChI=1S/C21H30N6O/c1-16-5-2-3-10-26(16)12-9-24-21(28)17-6-4-11-27(15-17)18-13-19-20(25-14-18)23-8-7-22-19/h7-8,13-14,16-17H,2-6,9-12,15H2,1H3,(H,24,28)/t16-,17+/m0/s1. The Bertz CT molecular complexity index is 812. The van der Waals surface area contributed by atoms with E-state index in [2.05, 4.69) is 37.0 Å². The Kier molecular flexibility index (Phi) is 6.00. The van der Waals surface area contributed by atoms with Gasteiger partial charge >= 0.3 is 0 Å². The Morgan fingerprint density at radius 3 is 2.93 bits per heavy atom. The molecule has 7 heteroatoms. The van der Waals surface area contributed by atoms with Gasteiger partial charge in [-0.05, 0) is 45.2 Å². The number of aromatic nitrogens is 3. The van der Waals surface area contributed by atoms with Crippen molar-refractivity contribution < 1.29 is 4.79 Å². The number of pyridine rings is 1. The van der Waals surface area contributed by atoms with E-state index in [-0.39, 0.29) is 11.8 Å². The Hall–Kier alpha value is -2.28. The Balaban J connectivity index is 1.31. The van der Waals surface area contributed by atoms with Crippen LogP contribution in [0.1, 0.15) is 39.0 Å². The largest absolute Gasteiger partial charge is 0.369 e. The molecule has 0 bridgehead atoms. The molecule has 0 radical (unpaired) electrons. The van der Waals surface area contributed by atoms with Gasteiger partial charge in [0.1, 0.15) is 5.52 Å². The lowest BCUT2D eigenvalue weighted by molar-refractivity contribution is -0.125. The number of rotatable bonds is 5. The van der Waals surface area contributed by atoms with E-state index in [1.54, 1.807) is 12.4 Å². The molecule has 28 heavy (non-hydrogen) atoms. The molecular formula is C21H30N6O. The number of likely N-dealkylation sites (tertiary alicyclic amines) is 1. The van der Waals surface area contributed by atoms with Crippen LogP contribution in [0.3, 0.4) is 0 Å². The lowest BCUT2D eigenvalue weighted by Crippen LogP contribution is -2.46. The quantitative estimate of drug-likeness (QED) is 0.855. The van der Waals surface area contributed by atoms with Crippen molar-refractivity contribution in [1.29, 1.82) is 0 Å². The molecule has 1 N–H and O–H groups in total. The van der Waals surface area contributed by atoms with Crippen LogP contribution in [-0.4, -0.2) is 64.5 Å². The molecule has 2 atom stereocenters. The number of hydrogen-bond donors (Lipinski definition) is 1. The lowest BCUT2D eigenvalue weighted by Gasteiger charge is -2.35. The number of amides is 1. The summed E-state index contributed by atoms with van der Waals surface area (Å²) in [6.07, 6.45) is 11.0. The predicted molar refractivity (Wildman–Crippen MR) is 110 cm³/mol. The number of carbonyl (C=O) groups excluding carboxylic acids is 1. The smallest absolute Gasteiger partial charge is 0.224 e. The van der Waals surface area contributed by atoms with Crippen LogP contribution in [0.5, 0.6) is 0 Å². The highest BCUT2D eigenvalue weighted by Crippen LogP contribution is 2.24. The Morgan fingerprint density at radius 2 is 2.04 bits per heavy atom. The molecule has 2 fully saturated rings. The fraction of sp³-hybridized carbons (Fsp3) is 0.619. The fourth-order valence-electron chi connectivity index (χ4n) is 4.40. The minimum absolute atomic E-state index is 0.0325. The zero-order valence-electron chi connectivity index (χ0n) is 16.7. The second kappa shape index (κ2) is 8.82. The highest BCUT2D eigenvalue weighted by molar-refractivity contribution is 5.80. The third-order valence-corrected chi connectivity index (χ3v) is 6.11.